The van der Waals surface area contributed by atoms with Crippen LogP contribution in [-0.2, 0) is 13.5 Å². The molecular weight excluding hydrogens is 434 g/mol. The summed E-state index contributed by atoms with van der Waals surface area (Å²) in [6.45, 7) is 0.133. The molecule has 0 bridgehead atoms. The fraction of sp³-hybridized carbons (Fsp3) is 0.158. The first-order chi connectivity index (χ1) is 14.4. The second-order valence-electron chi connectivity index (χ2n) is 6.33. The van der Waals surface area contributed by atoms with E-state index in [-0.39, 0.29) is 13.0 Å². The lowest BCUT2D eigenvalue weighted by Crippen LogP contribution is -2.23. The molecule has 0 saturated heterocycles. The van der Waals surface area contributed by atoms with Gasteiger partial charge in [0.2, 0.25) is 5.88 Å². The molecule has 0 unspecified atom stereocenters. The van der Waals surface area contributed by atoms with Gasteiger partial charge >= 0.3 is 5.69 Å². The number of hydrogen-bond acceptors (Lipinski definition) is 5. The highest BCUT2D eigenvalue weighted by Gasteiger charge is 2.15. The summed E-state index contributed by atoms with van der Waals surface area (Å²) in [5.41, 5.74) is 0.783. The Labute approximate surface area is 180 Å². The van der Waals surface area contributed by atoms with E-state index in [0.717, 1.165) is 9.36 Å². The Bertz CT molecular complexity index is 1270. The van der Waals surface area contributed by atoms with Crippen LogP contribution in [0.3, 0.4) is 0 Å². The van der Waals surface area contributed by atoms with Gasteiger partial charge in [-0.1, -0.05) is 29.3 Å². The average molecular weight is 449 g/mol. The van der Waals surface area contributed by atoms with Gasteiger partial charge in [-0.25, -0.2) is 13.9 Å². The fourth-order valence-electron chi connectivity index (χ4n) is 2.90. The van der Waals surface area contributed by atoms with Crippen LogP contribution in [0.15, 0.2) is 53.5 Å². The number of nitrogens with zero attached hydrogens (tertiary/aromatic N) is 6. The predicted octanol–water partition coefficient (Wildman–Crippen LogP) is 3.22. The third kappa shape index (κ3) is 3.94. The maximum atomic E-state index is 14.4. The van der Waals surface area contributed by atoms with Crippen LogP contribution < -0.4 is 10.4 Å². The van der Waals surface area contributed by atoms with E-state index in [1.54, 1.807) is 41.2 Å². The van der Waals surface area contributed by atoms with Gasteiger partial charge in [0.05, 0.1) is 23.0 Å². The Morgan fingerprint density at radius 1 is 1.10 bits per heavy atom. The lowest BCUT2D eigenvalue weighted by atomic mass is 10.1. The molecule has 154 valence electrons. The smallest absolute Gasteiger partial charge is 0.368 e. The summed E-state index contributed by atoms with van der Waals surface area (Å²) in [5.74, 6) is -0.122. The molecule has 0 amide bonds. The number of aromatic nitrogens is 6. The number of hydrogen-bond donors (Lipinski definition) is 0. The van der Waals surface area contributed by atoms with E-state index in [4.69, 9.17) is 27.9 Å². The number of benzene rings is 2. The lowest BCUT2D eigenvalue weighted by Gasteiger charge is -2.09. The molecule has 11 heteroatoms. The van der Waals surface area contributed by atoms with Crippen LogP contribution >= 0.6 is 23.2 Å². The molecule has 0 saturated carbocycles. The van der Waals surface area contributed by atoms with E-state index in [0.29, 0.717) is 32.9 Å². The monoisotopic (exact) mass is 448 g/mol. The molecule has 0 fully saturated rings. The number of aryl methyl sites for hydroxylation is 1. The minimum absolute atomic E-state index is 0.133. The van der Waals surface area contributed by atoms with Crippen molar-refractivity contribution in [2.45, 2.75) is 6.42 Å². The normalized spacial score (nSPS) is 11.1. The Balaban J connectivity index is 1.50. The summed E-state index contributed by atoms with van der Waals surface area (Å²) in [6, 6.07) is 11.2. The molecule has 0 spiro atoms. The number of halogens is 3. The summed E-state index contributed by atoms with van der Waals surface area (Å²) in [4.78, 5) is 12.1. The minimum Gasteiger partial charge on any atom is -0.476 e. The molecular formula is C19H15Cl2FN6O2. The molecule has 0 atom stereocenters. The highest BCUT2D eigenvalue weighted by atomic mass is 35.5. The van der Waals surface area contributed by atoms with E-state index in [1.165, 1.54) is 19.2 Å². The van der Waals surface area contributed by atoms with Crippen molar-refractivity contribution in [1.29, 1.82) is 0 Å². The van der Waals surface area contributed by atoms with Crippen molar-refractivity contribution in [2.75, 3.05) is 6.61 Å². The molecule has 0 aliphatic heterocycles. The van der Waals surface area contributed by atoms with Gasteiger partial charge in [0.1, 0.15) is 5.82 Å². The fourth-order valence-corrected chi connectivity index (χ4v) is 3.40. The van der Waals surface area contributed by atoms with Crippen molar-refractivity contribution in [3.63, 3.8) is 0 Å². The standard InChI is InChI=1S/C19H15Cl2FN6O2/c1-26-19(29)28(25-24-26)16-4-2-3-15(22)13(16)8-10-30-18-7-9-27(23-18)17-6-5-12(20)11-14(17)21/h2-7,9,11H,8,10H2,1H3. The maximum Gasteiger partial charge on any atom is 0.368 e. The predicted molar refractivity (Wildman–Crippen MR) is 109 cm³/mol. The molecule has 4 aromatic rings. The van der Waals surface area contributed by atoms with Gasteiger partial charge in [-0.3, -0.25) is 0 Å². The van der Waals surface area contributed by atoms with Gasteiger partial charge in [0.25, 0.3) is 0 Å². The Morgan fingerprint density at radius 2 is 1.93 bits per heavy atom. The summed E-state index contributed by atoms with van der Waals surface area (Å²) >= 11 is 12.1. The Kier molecular flexibility index (Phi) is 5.56. The van der Waals surface area contributed by atoms with Crippen molar-refractivity contribution in [2.24, 2.45) is 7.05 Å². The van der Waals surface area contributed by atoms with E-state index in [1.807, 2.05) is 0 Å². The minimum atomic E-state index is -0.471. The molecule has 8 nitrogen and oxygen atoms in total. The summed E-state index contributed by atoms with van der Waals surface area (Å²) < 4.78 is 23.8. The van der Waals surface area contributed by atoms with Crippen molar-refractivity contribution in [1.82, 2.24) is 29.6 Å². The van der Waals surface area contributed by atoms with Crippen LogP contribution in [-0.4, -0.2) is 36.2 Å². The van der Waals surface area contributed by atoms with Crippen molar-refractivity contribution in [3.05, 3.63) is 80.6 Å². The van der Waals surface area contributed by atoms with Gasteiger partial charge < -0.3 is 4.74 Å². The van der Waals surface area contributed by atoms with Crippen LogP contribution in [0.5, 0.6) is 5.88 Å². The summed E-state index contributed by atoms with van der Waals surface area (Å²) in [6.07, 6.45) is 1.89. The van der Waals surface area contributed by atoms with Crippen LogP contribution in [0, 0.1) is 5.82 Å². The van der Waals surface area contributed by atoms with Gasteiger partial charge in [0, 0.05) is 36.3 Å². The van der Waals surface area contributed by atoms with Crippen LogP contribution in [0.2, 0.25) is 10.0 Å². The summed E-state index contributed by atoms with van der Waals surface area (Å²) in [7, 11) is 1.47. The van der Waals surface area contributed by atoms with Crippen LogP contribution in [0.25, 0.3) is 11.4 Å². The molecule has 2 aromatic heterocycles. The molecule has 0 N–H and O–H groups in total. The van der Waals surface area contributed by atoms with E-state index >= 15 is 0 Å². The van der Waals surface area contributed by atoms with Gasteiger partial charge in [-0.15, -0.1) is 5.10 Å². The molecule has 2 aromatic carbocycles. The zero-order valence-electron chi connectivity index (χ0n) is 15.7. The average Bonchev–Trinajstić information content (AvgIpc) is 3.30. The Morgan fingerprint density at radius 3 is 2.67 bits per heavy atom. The highest BCUT2D eigenvalue weighted by Crippen LogP contribution is 2.25. The molecule has 0 aliphatic carbocycles. The molecule has 4 rings (SSSR count). The second-order valence-corrected chi connectivity index (χ2v) is 7.17. The van der Waals surface area contributed by atoms with Crippen LogP contribution in [0.1, 0.15) is 5.56 Å². The largest absolute Gasteiger partial charge is 0.476 e. The van der Waals surface area contributed by atoms with E-state index in [9.17, 15) is 9.18 Å². The third-order valence-corrected chi connectivity index (χ3v) is 4.90. The first-order valence-electron chi connectivity index (χ1n) is 8.84. The van der Waals surface area contributed by atoms with Crippen molar-refractivity contribution in [3.8, 4) is 17.3 Å². The summed E-state index contributed by atoms with van der Waals surface area (Å²) in [5, 5.41) is 12.7. The highest BCUT2D eigenvalue weighted by molar-refractivity contribution is 6.35. The topological polar surface area (TPSA) is 79.8 Å². The lowest BCUT2D eigenvalue weighted by molar-refractivity contribution is 0.305. The van der Waals surface area contributed by atoms with Gasteiger partial charge in [-0.2, -0.15) is 9.36 Å². The van der Waals surface area contributed by atoms with E-state index in [2.05, 4.69) is 15.5 Å². The zero-order chi connectivity index (χ0) is 21.3. The second kappa shape index (κ2) is 8.29. The van der Waals surface area contributed by atoms with E-state index < -0.39 is 11.5 Å². The number of ether oxygens (including phenoxy) is 1. The third-order valence-electron chi connectivity index (χ3n) is 4.37. The molecule has 0 aliphatic rings. The molecule has 0 radical (unpaired) electrons. The maximum absolute atomic E-state index is 14.4. The van der Waals surface area contributed by atoms with Crippen molar-refractivity contribution < 1.29 is 9.13 Å². The van der Waals surface area contributed by atoms with Gasteiger partial charge in [0.15, 0.2) is 0 Å². The molecule has 2 heterocycles. The van der Waals surface area contributed by atoms with Crippen LogP contribution in [0.4, 0.5) is 4.39 Å². The SMILES string of the molecule is Cn1nnn(-c2cccc(F)c2CCOc2ccn(-c3ccc(Cl)cc3Cl)n2)c1=O. The van der Waals surface area contributed by atoms with Gasteiger partial charge in [-0.05, 0) is 40.8 Å². The van der Waals surface area contributed by atoms with Crippen molar-refractivity contribution >= 4 is 23.2 Å². The first kappa shape index (κ1) is 20.1. The number of tetrazole rings is 1. The Hall–Kier alpha value is -3.17. The molecule has 30 heavy (non-hydrogen) atoms. The first-order valence-corrected chi connectivity index (χ1v) is 9.60. The quantitative estimate of drug-likeness (QED) is 0.452. The zero-order valence-corrected chi connectivity index (χ0v) is 17.2. The number of rotatable bonds is 6.